The molecule has 2 aromatic rings. The van der Waals surface area contributed by atoms with Crippen LogP contribution in [0.15, 0.2) is 40.9 Å². The summed E-state index contributed by atoms with van der Waals surface area (Å²) in [6, 6.07) is 12.4. The second kappa shape index (κ2) is 6.67. The van der Waals surface area contributed by atoms with E-state index in [9.17, 15) is 0 Å². The van der Waals surface area contributed by atoms with E-state index in [0.29, 0.717) is 18.4 Å². The number of fused-ring (bicyclic) bond motifs is 1. The highest BCUT2D eigenvalue weighted by Gasteiger charge is 2.14. The van der Waals surface area contributed by atoms with Crippen molar-refractivity contribution in [1.82, 2.24) is 0 Å². The standard InChI is InChI=1S/C16H19BrOS/c1-11(2)13(10-19)9-18-15-8-7-12-5-3-4-6-14(12)16(15)17/h3-8,11,13,19H,9-10H2,1-2H3. The van der Waals surface area contributed by atoms with Crippen molar-refractivity contribution < 1.29 is 4.74 Å². The van der Waals surface area contributed by atoms with Gasteiger partial charge in [0.05, 0.1) is 11.1 Å². The smallest absolute Gasteiger partial charge is 0.134 e. The Balaban J connectivity index is 2.19. The predicted molar refractivity (Wildman–Crippen MR) is 89.3 cm³/mol. The van der Waals surface area contributed by atoms with Gasteiger partial charge in [-0.15, -0.1) is 0 Å². The van der Waals surface area contributed by atoms with Crippen LogP contribution in [0.25, 0.3) is 10.8 Å². The van der Waals surface area contributed by atoms with Gasteiger partial charge in [0, 0.05) is 5.92 Å². The zero-order valence-corrected chi connectivity index (χ0v) is 13.7. The molecule has 0 amide bonds. The third-order valence-electron chi connectivity index (χ3n) is 3.46. The second-order valence-corrected chi connectivity index (χ2v) is 6.25. The Kier molecular flexibility index (Phi) is 5.17. The summed E-state index contributed by atoms with van der Waals surface area (Å²) < 4.78 is 7.00. The van der Waals surface area contributed by atoms with E-state index in [2.05, 4.69) is 60.6 Å². The molecule has 3 heteroatoms. The van der Waals surface area contributed by atoms with Crippen molar-refractivity contribution in [3.63, 3.8) is 0 Å². The van der Waals surface area contributed by atoms with Gasteiger partial charge in [-0.2, -0.15) is 12.6 Å². The Labute approximate surface area is 128 Å². The lowest BCUT2D eigenvalue weighted by atomic mass is 9.99. The van der Waals surface area contributed by atoms with Gasteiger partial charge in [-0.25, -0.2) is 0 Å². The van der Waals surface area contributed by atoms with Crippen LogP contribution < -0.4 is 4.74 Å². The van der Waals surface area contributed by atoms with E-state index in [4.69, 9.17) is 4.74 Å². The quantitative estimate of drug-likeness (QED) is 0.738. The monoisotopic (exact) mass is 338 g/mol. The van der Waals surface area contributed by atoms with E-state index in [1.54, 1.807) is 0 Å². The molecule has 0 aliphatic rings. The number of hydrogen-bond donors (Lipinski definition) is 1. The van der Waals surface area contributed by atoms with Crippen molar-refractivity contribution in [2.45, 2.75) is 13.8 Å². The van der Waals surface area contributed by atoms with Crippen LogP contribution in [0.5, 0.6) is 5.75 Å². The number of halogens is 1. The van der Waals surface area contributed by atoms with Crippen LogP contribution in [0.3, 0.4) is 0 Å². The molecule has 19 heavy (non-hydrogen) atoms. The van der Waals surface area contributed by atoms with Crippen LogP contribution >= 0.6 is 28.6 Å². The number of ether oxygens (including phenoxy) is 1. The highest BCUT2D eigenvalue weighted by atomic mass is 79.9. The fraction of sp³-hybridized carbons (Fsp3) is 0.375. The molecule has 0 bridgehead atoms. The first-order chi connectivity index (χ1) is 9.13. The SMILES string of the molecule is CC(C)C(CS)COc1ccc2ccccc2c1Br. The van der Waals surface area contributed by atoms with Crippen molar-refractivity contribution in [2.24, 2.45) is 11.8 Å². The number of hydrogen-bond acceptors (Lipinski definition) is 2. The maximum atomic E-state index is 5.96. The summed E-state index contributed by atoms with van der Waals surface area (Å²) in [6.45, 7) is 5.12. The molecule has 1 nitrogen and oxygen atoms in total. The number of rotatable bonds is 5. The van der Waals surface area contributed by atoms with Crippen molar-refractivity contribution in [2.75, 3.05) is 12.4 Å². The highest BCUT2D eigenvalue weighted by molar-refractivity contribution is 9.10. The topological polar surface area (TPSA) is 9.23 Å². The lowest BCUT2D eigenvalue weighted by molar-refractivity contribution is 0.226. The second-order valence-electron chi connectivity index (χ2n) is 5.10. The van der Waals surface area contributed by atoms with Gasteiger partial charge in [-0.1, -0.05) is 44.2 Å². The largest absolute Gasteiger partial charge is 0.492 e. The molecule has 0 saturated carbocycles. The minimum Gasteiger partial charge on any atom is -0.492 e. The van der Waals surface area contributed by atoms with E-state index in [1.807, 2.05) is 18.2 Å². The molecule has 0 aliphatic carbocycles. The molecular weight excluding hydrogens is 320 g/mol. The predicted octanol–water partition coefficient (Wildman–Crippen LogP) is 5.18. The molecule has 0 aliphatic heterocycles. The molecule has 0 heterocycles. The van der Waals surface area contributed by atoms with Gasteiger partial charge in [0.25, 0.3) is 0 Å². The molecule has 0 N–H and O–H groups in total. The Hall–Kier alpha value is -0.670. The van der Waals surface area contributed by atoms with Gasteiger partial charge in [-0.3, -0.25) is 0 Å². The Morgan fingerprint density at radius 1 is 1.16 bits per heavy atom. The van der Waals surface area contributed by atoms with Crippen molar-refractivity contribution in [1.29, 1.82) is 0 Å². The zero-order chi connectivity index (χ0) is 13.8. The first-order valence-corrected chi connectivity index (χ1v) is 7.97. The molecule has 0 radical (unpaired) electrons. The van der Waals surface area contributed by atoms with Gasteiger partial charge >= 0.3 is 0 Å². The fourth-order valence-electron chi connectivity index (χ4n) is 1.98. The van der Waals surface area contributed by atoms with Crippen LogP contribution in [-0.4, -0.2) is 12.4 Å². The summed E-state index contributed by atoms with van der Waals surface area (Å²) in [6.07, 6.45) is 0. The third-order valence-corrected chi connectivity index (χ3v) is 4.75. The van der Waals surface area contributed by atoms with Gasteiger partial charge in [0.2, 0.25) is 0 Å². The first kappa shape index (κ1) is 14.7. The maximum absolute atomic E-state index is 5.96. The van der Waals surface area contributed by atoms with Gasteiger partial charge in [0.15, 0.2) is 0 Å². The molecule has 2 aromatic carbocycles. The van der Waals surface area contributed by atoms with Gasteiger partial charge in [-0.05, 0) is 44.4 Å². The lowest BCUT2D eigenvalue weighted by Crippen LogP contribution is -2.19. The Morgan fingerprint density at radius 3 is 2.58 bits per heavy atom. The molecule has 0 fully saturated rings. The first-order valence-electron chi connectivity index (χ1n) is 6.54. The summed E-state index contributed by atoms with van der Waals surface area (Å²) in [7, 11) is 0. The molecule has 102 valence electrons. The lowest BCUT2D eigenvalue weighted by Gasteiger charge is -2.19. The summed E-state index contributed by atoms with van der Waals surface area (Å²) in [5, 5.41) is 2.41. The number of benzene rings is 2. The molecule has 0 spiro atoms. The summed E-state index contributed by atoms with van der Waals surface area (Å²) >= 11 is 8.04. The fourth-order valence-corrected chi connectivity index (χ4v) is 3.11. The van der Waals surface area contributed by atoms with Gasteiger partial charge < -0.3 is 4.74 Å². The van der Waals surface area contributed by atoms with E-state index < -0.39 is 0 Å². The molecule has 2 rings (SSSR count). The molecular formula is C16H19BrOS. The summed E-state index contributed by atoms with van der Waals surface area (Å²) in [5.74, 6) is 2.81. The van der Waals surface area contributed by atoms with E-state index in [0.717, 1.165) is 16.0 Å². The average Bonchev–Trinajstić information content (AvgIpc) is 2.41. The Morgan fingerprint density at radius 2 is 1.89 bits per heavy atom. The zero-order valence-electron chi connectivity index (χ0n) is 11.3. The van der Waals surface area contributed by atoms with E-state index in [1.165, 1.54) is 10.8 Å². The summed E-state index contributed by atoms with van der Waals surface area (Å²) in [5.41, 5.74) is 0. The minimum atomic E-state index is 0.474. The van der Waals surface area contributed by atoms with Crippen molar-refractivity contribution in [3.05, 3.63) is 40.9 Å². The Bertz CT molecular complexity index is 553. The van der Waals surface area contributed by atoms with Crippen molar-refractivity contribution in [3.8, 4) is 5.75 Å². The third kappa shape index (κ3) is 3.46. The maximum Gasteiger partial charge on any atom is 0.134 e. The van der Waals surface area contributed by atoms with Crippen LogP contribution in [0.2, 0.25) is 0 Å². The molecule has 1 unspecified atom stereocenters. The van der Waals surface area contributed by atoms with Crippen LogP contribution in [-0.2, 0) is 0 Å². The van der Waals surface area contributed by atoms with Crippen molar-refractivity contribution >= 4 is 39.3 Å². The average molecular weight is 339 g/mol. The normalized spacial score (nSPS) is 12.9. The molecule has 0 aromatic heterocycles. The van der Waals surface area contributed by atoms with Crippen LogP contribution in [0, 0.1) is 11.8 Å². The minimum absolute atomic E-state index is 0.474. The van der Waals surface area contributed by atoms with Gasteiger partial charge in [0.1, 0.15) is 5.75 Å². The summed E-state index contributed by atoms with van der Waals surface area (Å²) in [4.78, 5) is 0. The van der Waals surface area contributed by atoms with E-state index >= 15 is 0 Å². The highest BCUT2D eigenvalue weighted by Crippen LogP contribution is 2.33. The van der Waals surface area contributed by atoms with Crippen LogP contribution in [0.4, 0.5) is 0 Å². The van der Waals surface area contributed by atoms with Crippen LogP contribution in [0.1, 0.15) is 13.8 Å². The van der Waals surface area contributed by atoms with E-state index in [-0.39, 0.29) is 0 Å². The molecule has 1 atom stereocenters. The number of thiol groups is 1. The molecule has 0 saturated heterocycles.